The van der Waals surface area contributed by atoms with Crippen molar-refractivity contribution in [2.45, 2.75) is 26.3 Å². The molecule has 0 radical (unpaired) electrons. The van der Waals surface area contributed by atoms with Gasteiger partial charge < -0.3 is 14.4 Å². The lowest BCUT2D eigenvalue weighted by atomic mass is 10.2. The fourth-order valence-electron chi connectivity index (χ4n) is 2.27. The maximum absolute atomic E-state index is 11.2. The van der Waals surface area contributed by atoms with Crippen molar-refractivity contribution in [3.63, 3.8) is 0 Å². The number of halogens is 1. The number of nitrogens with zero attached hydrogens (tertiary/aromatic N) is 1. The molecular formula is C17H20INO3. The van der Waals surface area contributed by atoms with Gasteiger partial charge in [-0.05, 0) is 54.0 Å². The van der Waals surface area contributed by atoms with Crippen LogP contribution < -0.4 is 0 Å². The molecule has 118 valence electrons. The fraction of sp³-hybridized carbons (Fsp3) is 0.353. The Morgan fingerprint density at radius 2 is 1.91 bits per heavy atom. The molecule has 1 aliphatic rings. The van der Waals surface area contributed by atoms with Gasteiger partial charge in [-0.1, -0.05) is 30.3 Å². The normalized spacial score (nSPS) is 13.5. The minimum Gasteiger partial charge on any atom is -0.477 e. The summed E-state index contributed by atoms with van der Waals surface area (Å²) in [6.07, 6.45) is 2.56. The van der Waals surface area contributed by atoms with Crippen molar-refractivity contribution in [3.05, 3.63) is 56.9 Å². The lowest BCUT2D eigenvalue weighted by molar-refractivity contribution is 0.0685. The van der Waals surface area contributed by atoms with Crippen LogP contribution in [0, 0.1) is 10.5 Å². The van der Waals surface area contributed by atoms with Gasteiger partial charge in [0.25, 0.3) is 0 Å². The maximum atomic E-state index is 11.2. The van der Waals surface area contributed by atoms with Gasteiger partial charge >= 0.3 is 5.97 Å². The van der Waals surface area contributed by atoms with E-state index in [2.05, 4.69) is 22.6 Å². The van der Waals surface area contributed by atoms with E-state index in [1.54, 1.807) is 6.07 Å². The van der Waals surface area contributed by atoms with Crippen LogP contribution in [0.1, 0.15) is 34.6 Å². The Balaban J connectivity index is 0.000000299. The molecule has 3 rings (SSSR count). The first kappa shape index (κ1) is 17.0. The largest absolute Gasteiger partial charge is 0.477 e. The Kier molecular flexibility index (Phi) is 6.45. The SMILES string of the molecule is C1CCOC1.Cc1c(I)cc(C(=O)O)n1Cc1ccccc1. The summed E-state index contributed by atoms with van der Waals surface area (Å²) in [6, 6.07) is 11.6. The molecule has 0 atom stereocenters. The number of aromatic nitrogens is 1. The molecule has 1 saturated heterocycles. The molecule has 22 heavy (non-hydrogen) atoms. The molecule has 1 N–H and O–H groups in total. The van der Waals surface area contributed by atoms with Crippen molar-refractivity contribution in [3.8, 4) is 0 Å². The summed E-state index contributed by atoms with van der Waals surface area (Å²) in [4.78, 5) is 11.2. The Morgan fingerprint density at radius 1 is 1.27 bits per heavy atom. The number of aromatic carboxylic acids is 1. The molecule has 1 aliphatic heterocycles. The second-order valence-electron chi connectivity index (χ2n) is 5.16. The second-order valence-corrected chi connectivity index (χ2v) is 6.32. The first-order chi connectivity index (χ1) is 10.6. The first-order valence-corrected chi connectivity index (χ1v) is 8.38. The molecule has 0 amide bonds. The fourth-order valence-corrected chi connectivity index (χ4v) is 2.86. The standard InChI is InChI=1S/C13H12INO2.C4H8O/c1-9-11(14)7-12(13(16)17)15(9)8-10-5-3-2-4-6-10;1-2-4-5-3-1/h2-7H,8H2,1H3,(H,16,17);1-4H2. The molecule has 2 heterocycles. The lowest BCUT2D eigenvalue weighted by Crippen LogP contribution is -2.10. The third kappa shape index (κ3) is 4.58. The molecule has 0 unspecified atom stereocenters. The summed E-state index contributed by atoms with van der Waals surface area (Å²) in [5, 5.41) is 9.16. The van der Waals surface area contributed by atoms with Gasteiger partial charge in [-0.2, -0.15) is 0 Å². The van der Waals surface area contributed by atoms with Crippen LogP contribution >= 0.6 is 22.6 Å². The summed E-state index contributed by atoms with van der Waals surface area (Å²) >= 11 is 2.16. The van der Waals surface area contributed by atoms with E-state index in [9.17, 15) is 4.79 Å². The van der Waals surface area contributed by atoms with E-state index in [1.807, 2.05) is 41.8 Å². The van der Waals surface area contributed by atoms with Gasteiger partial charge in [-0.3, -0.25) is 0 Å². The molecule has 0 bridgehead atoms. The molecule has 0 saturated carbocycles. The average molecular weight is 413 g/mol. The zero-order chi connectivity index (χ0) is 15.9. The number of ether oxygens (including phenoxy) is 1. The number of rotatable bonds is 3. The zero-order valence-corrected chi connectivity index (χ0v) is 14.7. The molecule has 2 aromatic rings. The summed E-state index contributed by atoms with van der Waals surface area (Å²) in [5.74, 6) is -0.882. The van der Waals surface area contributed by atoms with Gasteiger partial charge in [0, 0.05) is 29.0 Å². The van der Waals surface area contributed by atoms with Gasteiger partial charge in [0.15, 0.2) is 0 Å². The molecule has 1 fully saturated rings. The molecule has 1 aromatic heterocycles. The lowest BCUT2D eigenvalue weighted by Gasteiger charge is -2.09. The molecule has 4 nitrogen and oxygen atoms in total. The number of carboxylic acid groups (broad SMARTS) is 1. The van der Waals surface area contributed by atoms with E-state index in [0.717, 1.165) is 28.0 Å². The van der Waals surface area contributed by atoms with Gasteiger partial charge in [0.2, 0.25) is 0 Å². The van der Waals surface area contributed by atoms with Crippen LogP contribution in [0.4, 0.5) is 0 Å². The van der Waals surface area contributed by atoms with Crippen molar-refractivity contribution in [1.82, 2.24) is 4.57 Å². The minimum absolute atomic E-state index is 0.343. The third-order valence-corrected chi connectivity index (χ3v) is 4.63. The molecular weight excluding hydrogens is 393 g/mol. The monoisotopic (exact) mass is 413 g/mol. The van der Waals surface area contributed by atoms with Gasteiger partial charge in [0.05, 0.1) is 0 Å². The molecule has 1 aromatic carbocycles. The Morgan fingerprint density at radius 3 is 2.41 bits per heavy atom. The van der Waals surface area contributed by atoms with Crippen LogP contribution in [0.15, 0.2) is 36.4 Å². The maximum Gasteiger partial charge on any atom is 0.352 e. The highest BCUT2D eigenvalue weighted by Crippen LogP contribution is 2.19. The predicted octanol–water partition coefficient (Wildman–Crippen LogP) is 3.94. The van der Waals surface area contributed by atoms with E-state index in [1.165, 1.54) is 12.8 Å². The summed E-state index contributed by atoms with van der Waals surface area (Å²) in [6.45, 7) is 4.54. The van der Waals surface area contributed by atoms with E-state index >= 15 is 0 Å². The van der Waals surface area contributed by atoms with Gasteiger partial charge in [0.1, 0.15) is 5.69 Å². The molecule has 5 heteroatoms. The smallest absolute Gasteiger partial charge is 0.352 e. The Bertz CT molecular complexity index is 611. The van der Waals surface area contributed by atoms with Crippen LogP contribution in [0.25, 0.3) is 0 Å². The quantitative estimate of drug-likeness (QED) is 0.776. The average Bonchev–Trinajstić information content (AvgIpc) is 3.17. The van der Waals surface area contributed by atoms with Crippen LogP contribution in [-0.4, -0.2) is 28.9 Å². The Hall–Kier alpha value is -1.34. The van der Waals surface area contributed by atoms with Gasteiger partial charge in [-0.25, -0.2) is 4.79 Å². The predicted molar refractivity (Wildman–Crippen MR) is 94.4 cm³/mol. The number of carboxylic acids is 1. The van der Waals surface area contributed by atoms with Crippen LogP contribution in [0.5, 0.6) is 0 Å². The minimum atomic E-state index is -0.882. The summed E-state index contributed by atoms with van der Waals surface area (Å²) in [5.41, 5.74) is 2.44. The van der Waals surface area contributed by atoms with Crippen LogP contribution in [0.2, 0.25) is 0 Å². The van der Waals surface area contributed by atoms with Gasteiger partial charge in [-0.15, -0.1) is 0 Å². The van der Waals surface area contributed by atoms with E-state index < -0.39 is 5.97 Å². The number of carbonyl (C=O) groups is 1. The van der Waals surface area contributed by atoms with Crippen LogP contribution in [-0.2, 0) is 11.3 Å². The number of hydrogen-bond acceptors (Lipinski definition) is 2. The topological polar surface area (TPSA) is 51.5 Å². The van der Waals surface area contributed by atoms with Crippen molar-refractivity contribution < 1.29 is 14.6 Å². The summed E-state index contributed by atoms with van der Waals surface area (Å²) < 4.78 is 7.76. The highest BCUT2D eigenvalue weighted by molar-refractivity contribution is 14.1. The zero-order valence-electron chi connectivity index (χ0n) is 12.6. The first-order valence-electron chi connectivity index (χ1n) is 7.30. The third-order valence-electron chi connectivity index (χ3n) is 3.53. The van der Waals surface area contributed by atoms with E-state index in [4.69, 9.17) is 9.84 Å². The highest BCUT2D eigenvalue weighted by Gasteiger charge is 2.15. The molecule has 0 aliphatic carbocycles. The van der Waals surface area contributed by atoms with Crippen LogP contribution in [0.3, 0.4) is 0 Å². The van der Waals surface area contributed by atoms with Crippen molar-refractivity contribution in [1.29, 1.82) is 0 Å². The second kappa shape index (κ2) is 8.33. The van der Waals surface area contributed by atoms with Crippen molar-refractivity contribution >= 4 is 28.6 Å². The summed E-state index contributed by atoms with van der Waals surface area (Å²) in [7, 11) is 0. The molecule has 0 spiro atoms. The van der Waals surface area contributed by atoms with Crippen molar-refractivity contribution in [2.75, 3.05) is 13.2 Å². The Labute approximate surface area is 144 Å². The van der Waals surface area contributed by atoms with Crippen molar-refractivity contribution in [2.24, 2.45) is 0 Å². The van der Waals surface area contributed by atoms with E-state index in [-0.39, 0.29) is 0 Å². The number of benzene rings is 1. The highest BCUT2D eigenvalue weighted by atomic mass is 127. The number of hydrogen-bond donors (Lipinski definition) is 1. The van der Waals surface area contributed by atoms with E-state index in [0.29, 0.717) is 12.2 Å².